The molecule has 3 heterocycles. The van der Waals surface area contributed by atoms with Crippen LogP contribution in [0.15, 0.2) is 42.7 Å². The van der Waals surface area contributed by atoms with E-state index in [9.17, 15) is 13.6 Å². The van der Waals surface area contributed by atoms with Crippen LogP contribution < -0.4 is 14.5 Å². The van der Waals surface area contributed by atoms with Crippen molar-refractivity contribution in [3.05, 3.63) is 76.3 Å². The van der Waals surface area contributed by atoms with Crippen LogP contribution in [0, 0.1) is 17.8 Å². The van der Waals surface area contributed by atoms with Gasteiger partial charge in [-0.05, 0) is 69.1 Å². The lowest BCUT2D eigenvalue weighted by molar-refractivity contribution is -0.131. The van der Waals surface area contributed by atoms with Gasteiger partial charge in [-0.3, -0.25) is 4.79 Å². The molecular formula is C35H38ClF2N7O2. The molecule has 2 aliphatic heterocycles. The standard InChI is InChI=1S/C35H38ClF2N7O2/c1-21(37)33(46)45-17-16-44(19-23(45)18-39-2)32-24-11-15-43(27-7-5-6-22-8-9-25(38)30(36)29(22)27)20-26(24)40-34(41-32)47-28-10-12-35(13-14-35)31(28)42(3)4/h5-9,23,28,31H,1,10-20H2,3-4H3/t23?,28-,31+/m1/s1. The Morgan fingerprint density at radius 2 is 1.98 bits per heavy atom. The molecule has 0 radical (unpaired) electrons. The number of hydrogen-bond donors (Lipinski definition) is 0. The van der Waals surface area contributed by atoms with Gasteiger partial charge in [-0.1, -0.05) is 36.4 Å². The number of piperazine rings is 1. The minimum absolute atomic E-state index is 0.0347. The molecular weight excluding hydrogens is 624 g/mol. The first-order valence-electron chi connectivity index (χ1n) is 16.2. The molecule has 12 heteroatoms. The highest BCUT2D eigenvalue weighted by atomic mass is 35.5. The Morgan fingerprint density at radius 1 is 1.17 bits per heavy atom. The summed E-state index contributed by atoms with van der Waals surface area (Å²) in [5, 5.41) is 1.61. The van der Waals surface area contributed by atoms with Crippen LogP contribution in [0.1, 0.15) is 36.9 Å². The summed E-state index contributed by atoms with van der Waals surface area (Å²) in [5.74, 6) is -1.56. The van der Waals surface area contributed by atoms with Crippen molar-refractivity contribution >= 4 is 39.8 Å². The minimum Gasteiger partial charge on any atom is -0.458 e. The molecule has 7 rings (SSSR count). The third-order valence-electron chi connectivity index (χ3n) is 10.5. The number of rotatable bonds is 7. The molecule has 246 valence electrons. The molecule has 4 aliphatic rings. The monoisotopic (exact) mass is 661 g/mol. The molecule has 2 aliphatic carbocycles. The van der Waals surface area contributed by atoms with E-state index in [-0.39, 0.29) is 30.3 Å². The molecule has 3 fully saturated rings. The predicted octanol–water partition coefficient (Wildman–Crippen LogP) is 5.66. The summed E-state index contributed by atoms with van der Waals surface area (Å²) in [6.45, 7) is 12.7. The lowest BCUT2D eigenvalue weighted by atomic mass is 9.99. The fourth-order valence-electron chi connectivity index (χ4n) is 8.17. The Balaban J connectivity index is 1.26. The van der Waals surface area contributed by atoms with Crippen molar-refractivity contribution in [1.82, 2.24) is 19.8 Å². The molecule has 1 amide bonds. The highest BCUT2D eigenvalue weighted by molar-refractivity contribution is 6.36. The molecule has 2 saturated carbocycles. The first-order chi connectivity index (χ1) is 22.6. The average Bonchev–Trinajstić information content (AvgIpc) is 3.75. The Hall–Kier alpha value is -4.01. The van der Waals surface area contributed by atoms with Crippen molar-refractivity contribution in [2.24, 2.45) is 5.41 Å². The molecule has 1 unspecified atom stereocenters. The number of ether oxygens (including phenoxy) is 1. The Bertz CT molecular complexity index is 1790. The Morgan fingerprint density at radius 3 is 2.70 bits per heavy atom. The third kappa shape index (κ3) is 5.65. The second-order valence-corrected chi connectivity index (χ2v) is 13.9. The van der Waals surface area contributed by atoms with Gasteiger partial charge in [-0.15, -0.1) is 0 Å². The summed E-state index contributed by atoms with van der Waals surface area (Å²) >= 11 is 6.52. The zero-order chi connectivity index (χ0) is 33.0. The van der Waals surface area contributed by atoms with Crippen LogP contribution in [-0.4, -0.2) is 90.7 Å². The van der Waals surface area contributed by atoms with E-state index in [0.29, 0.717) is 55.2 Å². The van der Waals surface area contributed by atoms with Crippen molar-refractivity contribution < 1.29 is 18.3 Å². The topological polar surface area (TPSA) is 69.4 Å². The molecule has 3 atom stereocenters. The number of aromatic nitrogens is 2. The summed E-state index contributed by atoms with van der Waals surface area (Å²) in [6.07, 6.45) is 4.98. The van der Waals surface area contributed by atoms with Crippen molar-refractivity contribution in [3.63, 3.8) is 0 Å². The zero-order valence-corrected chi connectivity index (χ0v) is 27.4. The van der Waals surface area contributed by atoms with Crippen LogP contribution in [0.2, 0.25) is 5.02 Å². The van der Waals surface area contributed by atoms with Crippen LogP contribution in [0.3, 0.4) is 0 Å². The third-order valence-corrected chi connectivity index (χ3v) is 10.8. The molecule has 3 aromatic rings. The summed E-state index contributed by atoms with van der Waals surface area (Å²) < 4.78 is 35.2. The first-order valence-corrected chi connectivity index (χ1v) is 16.6. The fourth-order valence-corrected chi connectivity index (χ4v) is 8.44. The molecule has 9 nitrogen and oxygen atoms in total. The number of hydrogen-bond acceptors (Lipinski definition) is 7. The predicted molar refractivity (Wildman–Crippen MR) is 178 cm³/mol. The normalized spacial score (nSPS) is 23.3. The number of fused-ring (bicyclic) bond motifs is 2. The number of likely N-dealkylation sites (N-methyl/N-ethyl adjacent to an activating group) is 1. The number of halogens is 3. The van der Waals surface area contributed by atoms with E-state index in [1.807, 2.05) is 18.2 Å². The van der Waals surface area contributed by atoms with Crippen molar-refractivity contribution in [2.45, 2.75) is 56.8 Å². The number of carbonyl (C=O) groups is 1. The van der Waals surface area contributed by atoms with Gasteiger partial charge in [0, 0.05) is 42.8 Å². The van der Waals surface area contributed by atoms with E-state index in [0.717, 1.165) is 35.2 Å². The maximum atomic E-state index is 14.6. The van der Waals surface area contributed by atoms with Crippen LogP contribution in [0.4, 0.5) is 20.3 Å². The largest absolute Gasteiger partial charge is 0.458 e. The number of amides is 1. The summed E-state index contributed by atoms with van der Waals surface area (Å²) in [7, 11) is 4.21. The van der Waals surface area contributed by atoms with Crippen LogP contribution in [-0.2, 0) is 17.8 Å². The molecule has 0 N–H and O–H groups in total. The van der Waals surface area contributed by atoms with Gasteiger partial charge in [0.15, 0.2) is 5.83 Å². The van der Waals surface area contributed by atoms with Gasteiger partial charge in [0.25, 0.3) is 5.91 Å². The number of nitrogens with zero attached hydrogens (tertiary/aromatic N) is 7. The van der Waals surface area contributed by atoms with E-state index in [1.54, 1.807) is 6.07 Å². The highest BCUT2D eigenvalue weighted by Crippen LogP contribution is 2.59. The number of benzene rings is 2. The summed E-state index contributed by atoms with van der Waals surface area (Å²) in [5.41, 5.74) is 2.90. The van der Waals surface area contributed by atoms with Crippen molar-refractivity contribution in [2.75, 3.05) is 56.6 Å². The number of anilines is 2. The fraction of sp³-hybridized carbons (Fsp3) is 0.486. The molecule has 2 aromatic carbocycles. The van der Waals surface area contributed by atoms with Gasteiger partial charge in [-0.25, -0.2) is 15.4 Å². The van der Waals surface area contributed by atoms with E-state index in [4.69, 9.17) is 32.9 Å². The van der Waals surface area contributed by atoms with Gasteiger partial charge in [-0.2, -0.15) is 9.97 Å². The van der Waals surface area contributed by atoms with Gasteiger partial charge in [0.1, 0.15) is 23.8 Å². The lowest BCUT2D eigenvalue weighted by Crippen LogP contribution is -2.57. The molecule has 1 saturated heterocycles. The molecule has 47 heavy (non-hydrogen) atoms. The van der Waals surface area contributed by atoms with Crippen LogP contribution >= 0.6 is 11.6 Å². The van der Waals surface area contributed by atoms with Gasteiger partial charge < -0.3 is 29.2 Å². The van der Waals surface area contributed by atoms with Crippen LogP contribution in [0.25, 0.3) is 15.6 Å². The maximum Gasteiger partial charge on any atom is 0.319 e. The SMILES string of the molecule is [C-]#[N+]CC1CN(c2nc(O[C@@H]3CCC4(CC4)[C@H]3N(C)C)nc3c2CCN(c2cccc4ccc(F)c(Cl)c24)C3)CCN1C(=O)C(=C)F. The number of carbonyl (C=O) groups excluding carboxylic acids is 1. The van der Waals surface area contributed by atoms with Gasteiger partial charge in [0.05, 0.1) is 23.3 Å². The lowest BCUT2D eigenvalue weighted by Gasteiger charge is -2.41. The average molecular weight is 662 g/mol. The Kier molecular flexibility index (Phi) is 8.21. The molecule has 1 spiro atoms. The van der Waals surface area contributed by atoms with Crippen LogP contribution in [0.5, 0.6) is 6.01 Å². The van der Waals surface area contributed by atoms with Crippen molar-refractivity contribution in [1.29, 1.82) is 0 Å². The molecule has 1 aromatic heterocycles. The highest BCUT2D eigenvalue weighted by Gasteiger charge is 2.58. The molecule has 0 bridgehead atoms. The minimum atomic E-state index is -1.03. The van der Waals surface area contributed by atoms with E-state index in [1.165, 1.54) is 23.8 Å². The van der Waals surface area contributed by atoms with E-state index in [2.05, 4.69) is 40.2 Å². The zero-order valence-electron chi connectivity index (χ0n) is 26.7. The van der Waals surface area contributed by atoms with Gasteiger partial charge >= 0.3 is 6.01 Å². The Labute approximate surface area is 278 Å². The quantitative estimate of drug-likeness (QED) is 0.239. The van der Waals surface area contributed by atoms with Gasteiger partial charge in [0.2, 0.25) is 6.54 Å². The first kappa shape index (κ1) is 31.6. The van der Waals surface area contributed by atoms with E-state index < -0.39 is 23.6 Å². The smallest absolute Gasteiger partial charge is 0.319 e. The van der Waals surface area contributed by atoms with E-state index >= 15 is 0 Å². The summed E-state index contributed by atoms with van der Waals surface area (Å²) in [6, 6.07) is 8.99. The second-order valence-electron chi connectivity index (χ2n) is 13.5. The second kappa shape index (κ2) is 12.2. The summed E-state index contributed by atoms with van der Waals surface area (Å²) in [4.78, 5) is 34.1. The maximum absolute atomic E-state index is 14.6. The van der Waals surface area contributed by atoms with Crippen molar-refractivity contribution in [3.8, 4) is 6.01 Å².